The third-order valence-electron chi connectivity index (χ3n) is 5.89. The fraction of sp³-hybridized carbons (Fsp3) is 0.138. The predicted octanol–water partition coefficient (Wildman–Crippen LogP) is 6.86. The monoisotopic (exact) mass is 544 g/mol. The molecule has 192 valence electrons. The highest BCUT2D eigenvalue weighted by Gasteiger charge is 2.11. The number of hydrogen-bond acceptors (Lipinski definition) is 7. The molecule has 0 atom stereocenters. The van der Waals surface area contributed by atoms with Gasteiger partial charge in [-0.1, -0.05) is 48.0 Å². The van der Waals surface area contributed by atoms with E-state index in [4.69, 9.17) is 16.3 Å². The molecule has 0 fully saturated rings. The summed E-state index contributed by atoms with van der Waals surface area (Å²) in [6.07, 6.45) is 4.00. The van der Waals surface area contributed by atoms with E-state index < -0.39 is 9.84 Å². The van der Waals surface area contributed by atoms with E-state index in [1.54, 1.807) is 12.3 Å². The topological polar surface area (TPSA) is 94.1 Å². The number of ether oxygens (including phenoxy) is 1. The SMILES string of the molecule is CS(=O)(=O)CCCc1cc(Oc2ccc(Nc3nnc(-c4ccc(Cl)cc4)c4ccccc34)cc2)ccn1. The Kier molecular flexibility index (Phi) is 7.53. The van der Waals surface area contributed by atoms with E-state index in [2.05, 4.69) is 20.5 Å². The number of nitrogens with zero attached hydrogens (tertiary/aromatic N) is 3. The van der Waals surface area contributed by atoms with Crippen molar-refractivity contribution in [1.82, 2.24) is 15.2 Å². The van der Waals surface area contributed by atoms with Crippen LogP contribution in [0.4, 0.5) is 11.5 Å². The third-order valence-corrected chi connectivity index (χ3v) is 7.18. The molecule has 1 N–H and O–H groups in total. The minimum Gasteiger partial charge on any atom is -0.457 e. The van der Waals surface area contributed by atoms with Crippen LogP contribution in [0.15, 0.2) is 91.1 Å². The van der Waals surface area contributed by atoms with Crippen molar-refractivity contribution in [1.29, 1.82) is 0 Å². The van der Waals surface area contributed by atoms with Gasteiger partial charge >= 0.3 is 0 Å². The van der Waals surface area contributed by atoms with Crippen LogP contribution >= 0.6 is 11.6 Å². The molecule has 0 aliphatic heterocycles. The second kappa shape index (κ2) is 11.2. The molecule has 3 aromatic carbocycles. The Balaban J connectivity index is 1.30. The maximum atomic E-state index is 11.4. The Bertz CT molecular complexity index is 1680. The minimum atomic E-state index is -2.99. The van der Waals surface area contributed by atoms with Crippen molar-refractivity contribution >= 4 is 43.7 Å². The van der Waals surface area contributed by atoms with Crippen LogP contribution in [0.3, 0.4) is 0 Å². The smallest absolute Gasteiger partial charge is 0.161 e. The van der Waals surface area contributed by atoms with Crippen LogP contribution in [0.5, 0.6) is 11.5 Å². The summed E-state index contributed by atoms with van der Waals surface area (Å²) in [5.41, 5.74) is 3.37. The average molecular weight is 545 g/mol. The first kappa shape index (κ1) is 25.6. The average Bonchev–Trinajstić information content (AvgIpc) is 2.90. The number of benzene rings is 3. The largest absolute Gasteiger partial charge is 0.457 e. The maximum absolute atomic E-state index is 11.4. The number of sulfone groups is 1. The second-order valence-electron chi connectivity index (χ2n) is 8.92. The molecule has 0 saturated heterocycles. The number of rotatable bonds is 9. The lowest BCUT2D eigenvalue weighted by molar-refractivity contribution is 0.481. The first-order valence-electron chi connectivity index (χ1n) is 12.0. The van der Waals surface area contributed by atoms with Crippen LogP contribution < -0.4 is 10.1 Å². The lowest BCUT2D eigenvalue weighted by Gasteiger charge is -2.12. The molecule has 0 aliphatic carbocycles. The van der Waals surface area contributed by atoms with Crippen molar-refractivity contribution in [3.05, 3.63) is 102 Å². The number of halogens is 1. The van der Waals surface area contributed by atoms with E-state index in [9.17, 15) is 8.42 Å². The van der Waals surface area contributed by atoms with Gasteiger partial charge < -0.3 is 10.1 Å². The molecule has 9 heteroatoms. The van der Waals surface area contributed by atoms with E-state index in [1.807, 2.05) is 78.9 Å². The zero-order valence-corrected chi connectivity index (χ0v) is 22.2. The van der Waals surface area contributed by atoms with Gasteiger partial charge in [0, 0.05) is 51.3 Å². The van der Waals surface area contributed by atoms with E-state index in [-0.39, 0.29) is 5.75 Å². The van der Waals surface area contributed by atoms with Gasteiger partial charge in [0.25, 0.3) is 0 Å². The van der Waals surface area contributed by atoms with Crippen LogP contribution in [-0.2, 0) is 16.3 Å². The number of pyridine rings is 1. The molecule has 0 bridgehead atoms. The number of nitrogens with one attached hydrogen (secondary N) is 1. The van der Waals surface area contributed by atoms with Gasteiger partial charge in [-0.2, -0.15) is 0 Å². The Morgan fingerprint density at radius 1 is 0.868 bits per heavy atom. The van der Waals surface area contributed by atoms with E-state index >= 15 is 0 Å². The molecule has 7 nitrogen and oxygen atoms in total. The quantitative estimate of drug-likeness (QED) is 0.216. The number of aromatic nitrogens is 3. The normalized spacial score (nSPS) is 11.4. The zero-order valence-electron chi connectivity index (χ0n) is 20.6. The predicted molar refractivity (Wildman–Crippen MR) is 152 cm³/mol. The van der Waals surface area contributed by atoms with Crippen molar-refractivity contribution in [3.63, 3.8) is 0 Å². The van der Waals surface area contributed by atoms with E-state index in [0.717, 1.165) is 33.4 Å². The van der Waals surface area contributed by atoms with E-state index in [1.165, 1.54) is 6.26 Å². The van der Waals surface area contributed by atoms with Gasteiger partial charge in [0.15, 0.2) is 5.82 Å². The number of hydrogen-bond donors (Lipinski definition) is 1. The van der Waals surface area contributed by atoms with Crippen molar-refractivity contribution in [2.75, 3.05) is 17.3 Å². The molecule has 2 heterocycles. The zero-order chi connectivity index (χ0) is 26.5. The summed E-state index contributed by atoms with van der Waals surface area (Å²) in [4.78, 5) is 4.31. The lowest BCUT2D eigenvalue weighted by atomic mass is 10.0. The highest BCUT2D eigenvalue weighted by Crippen LogP contribution is 2.32. The molecule has 0 amide bonds. The standard InChI is InChI=1S/C29H25ClN4O3S/c1-38(35,36)18-4-5-23-19-25(16-17-31-23)37-24-14-12-22(13-15-24)32-29-27-7-3-2-6-26(27)28(33-34-29)20-8-10-21(30)11-9-20/h2-3,6-17,19H,4-5,18H2,1H3,(H,32,34). The van der Waals surface area contributed by atoms with Crippen molar-refractivity contribution < 1.29 is 13.2 Å². The van der Waals surface area contributed by atoms with Gasteiger partial charge in [-0.3, -0.25) is 4.98 Å². The molecule has 0 aliphatic rings. The molecule has 0 spiro atoms. The highest BCUT2D eigenvalue weighted by atomic mass is 35.5. The van der Waals surface area contributed by atoms with Gasteiger partial charge in [0.05, 0.1) is 5.75 Å². The van der Waals surface area contributed by atoms with Crippen LogP contribution in [0, 0.1) is 0 Å². The summed E-state index contributed by atoms with van der Waals surface area (Å²) in [7, 11) is -2.99. The molecule has 5 aromatic rings. The summed E-state index contributed by atoms with van der Waals surface area (Å²) < 4.78 is 28.7. The van der Waals surface area contributed by atoms with Crippen molar-refractivity contribution in [2.45, 2.75) is 12.8 Å². The minimum absolute atomic E-state index is 0.137. The van der Waals surface area contributed by atoms with Crippen LogP contribution in [0.1, 0.15) is 12.1 Å². The molecular formula is C29H25ClN4O3S. The number of fused-ring (bicyclic) bond motifs is 1. The molecule has 0 unspecified atom stereocenters. The number of anilines is 2. The Hall–Kier alpha value is -4.01. The van der Waals surface area contributed by atoms with Gasteiger partial charge in [0.2, 0.25) is 0 Å². The van der Waals surface area contributed by atoms with Crippen molar-refractivity contribution in [2.24, 2.45) is 0 Å². The van der Waals surface area contributed by atoms with Gasteiger partial charge in [-0.25, -0.2) is 8.42 Å². The summed E-state index contributed by atoms with van der Waals surface area (Å²) in [6, 6.07) is 26.7. The van der Waals surface area contributed by atoms with Gasteiger partial charge in [-0.05, 0) is 55.3 Å². The number of aryl methyl sites for hydroxylation is 1. The van der Waals surface area contributed by atoms with Crippen LogP contribution in [-0.4, -0.2) is 35.6 Å². The van der Waals surface area contributed by atoms with Crippen LogP contribution in [0.2, 0.25) is 5.02 Å². The van der Waals surface area contributed by atoms with Crippen molar-refractivity contribution in [3.8, 4) is 22.8 Å². The fourth-order valence-corrected chi connectivity index (χ4v) is 4.86. The third kappa shape index (κ3) is 6.45. The Morgan fingerprint density at radius 3 is 2.34 bits per heavy atom. The molecule has 5 rings (SSSR count). The Morgan fingerprint density at radius 2 is 1.61 bits per heavy atom. The summed E-state index contributed by atoms with van der Waals surface area (Å²) in [5, 5.41) is 14.9. The summed E-state index contributed by atoms with van der Waals surface area (Å²) in [5.74, 6) is 2.10. The first-order chi connectivity index (χ1) is 18.3. The van der Waals surface area contributed by atoms with E-state index in [0.29, 0.717) is 35.2 Å². The molecular weight excluding hydrogens is 520 g/mol. The second-order valence-corrected chi connectivity index (χ2v) is 11.6. The first-order valence-corrected chi connectivity index (χ1v) is 14.5. The lowest BCUT2D eigenvalue weighted by Crippen LogP contribution is -2.04. The molecule has 38 heavy (non-hydrogen) atoms. The molecule has 0 radical (unpaired) electrons. The molecule has 0 saturated carbocycles. The highest BCUT2D eigenvalue weighted by molar-refractivity contribution is 7.90. The molecule has 2 aromatic heterocycles. The van der Waals surface area contributed by atoms with Gasteiger partial charge in [-0.15, -0.1) is 10.2 Å². The summed E-state index contributed by atoms with van der Waals surface area (Å²) in [6.45, 7) is 0. The maximum Gasteiger partial charge on any atom is 0.161 e. The summed E-state index contributed by atoms with van der Waals surface area (Å²) >= 11 is 6.05. The van der Waals surface area contributed by atoms with Gasteiger partial charge in [0.1, 0.15) is 27.0 Å². The fourth-order valence-electron chi connectivity index (χ4n) is 4.07. The Labute approximate surface area is 226 Å². The van der Waals surface area contributed by atoms with Crippen LogP contribution in [0.25, 0.3) is 22.0 Å².